The Labute approximate surface area is 132 Å². The van der Waals surface area contributed by atoms with E-state index in [1.165, 1.54) is 25.3 Å². The molecule has 7 nitrogen and oxygen atoms in total. The van der Waals surface area contributed by atoms with Gasteiger partial charge < -0.3 is 14.2 Å². The molecular weight excluding hydrogens is 302 g/mol. The third-order valence-electron chi connectivity index (χ3n) is 2.95. The van der Waals surface area contributed by atoms with E-state index in [9.17, 15) is 14.9 Å². The van der Waals surface area contributed by atoms with Gasteiger partial charge >= 0.3 is 11.7 Å². The lowest BCUT2D eigenvalue weighted by Gasteiger charge is -2.09. The maximum atomic E-state index is 11.1. The first-order valence-corrected chi connectivity index (χ1v) is 6.75. The minimum atomic E-state index is -0.630. The molecule has 2 rings (SSSR count). The summed E-state index contributed by atoms with van der Waals surface area (Å²) in [5.74, 6) is -0.278. The number of esters is 1. The van der Waals surface area contributed by atoms with Crippen molar-refractivity contribution in [1.82, 2.24) is 0 Å². The summed E-state index contributed by atoms with van der Waals surface area (Å²) in [5, 5.41) is 11.0. The first-order valence-electron chi connectivity index (χ1n) is 6.75. The van der Waals surface area contributed by atoms with Gasteiger partial charge in [-0.2, -0.15) is 0 Å². The van der Waals surface area contributed by atoms with Gasteiger partial charge in [-0.05, 0) is 11.6 Å². The molecule has 0 spiro atoms. The van der Waals surface area contributed by atoms with E-state index >= 15 is 0 Å². The minimum absolute atomic E-state index is 0.0500. The Hall–Kier alpha value is -3.09. The van der Waals surface area contributed by atoms with Crippen molar-refractivity contribution in [3.63, 3.8) is 0 Å². The lowest BCUT2D eigenvalue weighted by molar-refractivity contribution is -0.385. The summed E-state index contributed by atoms with van der Waals surface area (Å²) in [6, 6.07) is 13.6. The maximum Gasteiger partial charge on any atom is 0.343 e. The molecule has 0 unspecified atom stereocenters. The van der Waals surface area contributed by atoms with Gasteiger partial charge in [-0.1, -0.05) is 30.3 Å². The van der Waals surface area contributed by atoms with Gasteiger partial charge in [-0.3, -0.25) is 10.1 Å². The molecule has 0 fully saturated rings. The molecule has 0 bridgehead atoms. The zero-order chi connectivity index (χ0) is 16.7. The number of rotatable bonds is 7. The van der Waals surface area contributed by atoms with Crippen LogP contribution in [0.4, 0.5) is 5.69 Å². The summed E-state index contributed by atoms with van der Waals surface area (Å²) in [7, 11) is 1.21. The molecule has 0 N–H and O–H groups in total. The van der Waals surface area contributed by atoms with Gasteiger partial charge in [0.25, 0.3) is 0 Å². The van der Waals surface area contributed by atoms with Gasteiger partial charge in [0, 0.05) is 12.1 Å². The summed E-state index contributed by atoms with van der Waals surface area (Å²) >= 11 is 0. The molecule has 7 heteroatoms. The first kappa shape index (κ1) is 16.3. The van der Waals surface area contributed by atoms with Gasteiger partial charge in [-0.25, -0.2) is 4.79 Å². The van der Waals surface area contributed by atoms with Crippen LogP contribution >= 0.6 is 0 Å². The normalized spacial score (nSPS) is 9.96. The van der Waals surface area contributed by atoms with Crippen molar-refractivity contribution in [3.05, 3.63) is 64.2 Å². The Bertz CT molecular complexity index is 686. The highest BCUT2D eigenvalue weighted by atomic mass is 16.6. The number of nitro groups is 1. The quantitative estimate of drug-likeness (QED) is 0.443. The summed E-state index contributed by atoms with van der Waals surface area (Å²) in [6.45, 7) is -0.103. The molecule has 2 aromatic rings. The molecule has 0 amide bonds. The standard InChI is InChI=1S/C16H15NO6/c1-21-16(18)11-23-15-9-13(7-8-14(15)17(19)20)22-10-12-5-3-2-4-6-12/h2-9H,10-11H2,1H3. The van der Waals surface area contributed by atoms with Gasteiger partial charge in [0.2, 0.25) is 5.75 Å². The second-order valence-electron chi connectivity index (χ2n) is 4.53. The van der Waals surface area contributed by atoms with Crippen molar-refractivity contribution in [2.75, 3.05) is 13.7 Å². The van der Waals surface area contributed by atoms with E-state index in [2.05, 4.69) is 4.74 Å². The third-order valence-corrected chi connectivity index (χ3v) is 2.95. The number of ether oxygens (including phenoxy) is 3. The van der Waals surface area contributed by atoms with Crippen molar-refractivity contribution >= 4 is 11.7 Å². The molecule has 0 radical (unpaired) electrons. The highest BCUT2D eigenvalue weighted by molar-refractivity contribution is 5.71. The number of nitro benzene ring substituents is 1. The van der Waals surface area contributed by atoms with Crippen LogP contribution in [0, 0.1) is 10.1 Å². The number of methoxy groups -OCH3 is 1. The highest BCUT2D eigenvalue weighted by Crippen LogP contribution is 2.31. The van der Waals surface area contributed by atoms with Gasteiger partial charge in [-0.15, -0.1) is 0 Å². The van der Waals surface area contributed by atoms with Gasteiger partial charge in [0.1, 0.15) is 12.4 Å². The third kappa shape index (κ3) is 4.70. The molecule has 0 saturated heterocycles. The second-order valence-corrected chi connectivity index (χ2v) is 4.53. The van der Waals surface area contributed by atoms with E-state index in [1.54, 1.807) is 0 Å². The molecule has 23 heavy (non-hydrogen) atoms. The molecule has 0 aliphatic heterocycles. The predicted molar refractivity (Wildman–Crippen MR) is 81.4 cm³/mol. The van der Waals surface area contributed by atoms with Crippen LogP contribution < -0.4 is 9.47 Å². The minimum Gasteiger partial charge on any atom is -0.489 e. The van der Waals surface area contributed by atoms with Crippen molar-refractivity contribution in [2.45, 2.75) is 6.61 Å². The second kappa shape index (κ2) is 7.79. The van der Waals surface area contributed by atoms with E-state index in [1.807, 2.05) is 30.3 Å². The van der Waals surface area contributed by atoms with E-state index in [0.29, 0.717) is 12.4 Å². The van der Waals surface area contributed by atoms with E-state index in [0.717, 1.165) is 5.56 Å². The van der Waals surface area contributed by atoms with Crippen molar-refractivity contribution in [1.29, 1.82) is 0 Å². The van der Waals surface area contributed by atoms with E-state index in [-0.39, 0.29) is 11.4 Å². The molecule has 2 aromatic carbocycles. The molecule has 0 aromatic heterocycles. The number of hydrogen-bond donors (Lipinski definition) is 0. The van der Waals surface area contributed by atoms with Gasteiger partial charge in [0.15, 0.2) is 6.61 Å². The van der Waals surface area contributed by atoms with Crippen LogP contribution in [0.2, 0.25) is 0 Å². The SMILES string of the molecule is COC(=O)COc1cc(OCc2ccccc2)ccc1[N+](=O)[O-]. The predicted octanol–water partition coefficient (Wildman–Crippen LogP) is 2.73. The van der Waals surface area contributed by atoms with E-state index in [4.69, 9.17) is 9.47 Å². The number of hydrogen-bond acceptors (Lipinski definition) is 6. The van der Waals surface area contributed by atoms with Crippen LogP contribution in [0.3, 0.4) is 0 Å². The van der Waals surface area contributed by atoms with Crippen LogP contribution in [0.25, 0.3) is 0 Å². The zero-order valence-corrected chi connectivity index (χ0v) is 12.4. The van der Waals surface area contributed by atoms with Gasteiger partial charge in [0.05, 0.1) is 12.0 Å². The number of benzene rings is 2. The lowest BCUT2D eigenvalue weighted by Crippen LogP contribution is -2.13. The molecule has 0 heterocycles. The summed E-state index contributed by atoms with van der Waals surface area (Å²) in [4.78, 5) is 21.5. The molecule has 0 aliphatic carbocycles. The molecule has 0 atom stereocenters. The summed E-state index contributed by atoms with van der Waals surface area (Å²) < 4.78 is 15.2. The molecule has 0 saturated carbocycles. The van der Waals surface area contributed by atoms with Crippen LogP contribution in [-0.2, 0) is 16.1 Å². The Morgan fingerprint density at radius 2 is 1.87 bits per heavy atom. The average Bonchev–Trinajstić information content (AvgIpc) is 2.58. The number of nitrogens with zero attached hydrogens (tertiary/aromatic N) is 1. The Morgan fingerprint density at radius 3 is 2.52 bits per heavy atom. The smallest absolute Gasteiger partial charge is 0.343 e. The van der Waals surface area contributed by atoms with Crippen molar-refractivity contribution in [3.8, 4) is 11.5 Å². The first-order chi connectivity index (χ1) is 11.1. The Morgan fingerprint density at radius 1 is 1.13 bits per heavy atom. The average molecular weight is 317 g/mol. The fraction of sp³-hybridized carbons (Fsp3) is 0.188. The monoisotopic (exact) mass is 317 g/mol. The maximum absolute atomic E-state index is 11.1. The number of carbonyl (C=O) groups is 1. The Kier molecular flexibility index (Phi) is 5.51. The van der Waals surface area contributed by atoms with Crippen LogP contribution in [-0.4, -0.2) is 24.6 Å². The summed E-state index contributed by atoms with van der Waals surface area (Å²) in [5.41, 5.74) is 0.712. The Balaban J connectivity index is 2.11. The largest absolute Gasteiger partial charge is 0.489 e. The zero-order valence-electron chi connectivity index (χ0n) is 12.4. The molecule has 120 valence electrons. The van der Waals surface area contributed by atoms with Crippen LogP contribution in [0.5, 0.6) is 11.5 Å². The van der Waals surface area contributed by atoms with E-state index < -0.39 is 17.5 Å². The van der Waals surface area contributed by atoms with Crippen molar-refractivity contribution in [2.24, 2.45) is 0 Å². The highest BCUT2D eigenvalue weighted by Gasteiger charge is 2.17. The van der Waals surface area contributed by atoms with Crippen LogP contribution in [0.1, 0.15) is 5.56 Å². The fourth-order valence-corrected chi connectivity index (χ4v) is 1.79. The fourth-order valence-electron chi connectivity index (χ4n) is 1.79. The lowest BCUT2D eigenvalue weighted by atomic mass is 10.2. The van der Waals surface area contributed by atoms with Crippen molar-refractivity contribution < 1.29 is 23.9 Å². The number of carbonyl (C=O) groups excluding carboxylic acids is 1. The summed E-state index contributed by atoms with van der Waals surface area (Å²) in [6.07, 6.45) is 0. The van der Waals surface area contributed by atoms with Crippen LogP contribution in [0.15, 0.2) is 48.5 Å². The molecule has 0 aliphatic rings. The molecular formula is C16H15NO6. The topological polar surface area (TPSA) is 87.9 Å².